The zero-order chi connectivity index (χ0) is 31.4. The summed E-state index contributed by atoms with van der Waals surface area (Å²) in [6.07, 6.45) is 15.1. The van der Waals surface area contributed by atoms with E-state index in [1.165, 1.54) is 18.6 Å². The van der Waals surface area contributed by atoms with Crippen LogP contribution < -0.4 is 30.8 Å². The van der Waals surface area contributed by atoms with E-state index in [1.54, 1.807) is 0 Å². The zero-order valence-electron chi connectivity index (χ0n) is 25.8. The maximum Gasteiger partial charge on any atom is 0.762 e. The summed E-state index contributed by atoms with van der Waals surface area (Å²) in [6.45, 7) is 7.60. The molecular formula is C28H46BBrF4N4O5. The van der Waals surface area contributed by atoms with E-state index in [9.17, 15) is 32.1 Å². The Labute approximate surface area is 262 Å². The van der Waals surface area contributed by atoms with E-state index in [-0.39, 0.29) is 51.9 Å². The normalized spacial score (nSPS) is 9.77. The Hall–Kier alpha value is -2.84. The van der Waals surface area contributed by atoms with Crippen molar-refractivity contribution < 1.29 is 68.1 Å². The van der Waals surface area contributed by atoms with E-state index in [2.05, 4.69) is 44.5 Å². The second kappa shape index (κ2) is 25.6. The fraction of sp³-hybridized carbons (Fsp3) is 0.643. The van der Waals surface area contributed by atoms with Crippen LogP contribution in [-0.4, -0.2) is 45.1 Å². The molecule has 2 aromatic heterocycles. The highest BCUT2D eigenvalue weighted by atomic mass is 79.9. The highest BCUT2D eigenvalue weighted by Crippen LogP contribution is 2.07. The van der Waals surface area contributed by atoms with Crippen molar-refractivity contribution in [3.8, 4) is 0 Å². The van der Waals surface area contributed by atoms with Crippen LogP contribution in [0.1, 0.15) is 89.2 Å². The highest BCUT2D eigenvalue weighted by Gasteiger charge is 2.10. The Morgan fingerprint density at radius 1 is 0.721 bits per heavy atom. The first kappa shape index (κ1) is 44.6. The molecule has 246 valence electrons. The highest BCUT2D eigenvalue weighted by molar-refractivity contribution is 6.33. The summed E-state index contributed by atoms with van der Waals surface area (Å²) < 4.78 is 37.5. The fourth-order valence-corrected chi connectivity index (χ4v) is 3.87. The lowest BCUT2D eigenvalue weighted by atomic mass is 10.1. The molecule has 2 aromatic rings. The summed E-state index contributed by atoms with van der Waals surface area (Å²) in [5.74, 6) is 1.90. The van der Waals surface area contributed by atoms with Gasteiger partial charge in [-0.3, -0.25) is 27.3 Å². The van der Waals surface area contributed by atoms with Gasteiger partial charge in [0.1, 0.15) is 42.1 Å². The topological polar surface area (TPSA) is 106 Å². The fourth-order valence-electron chi connectivity index (χ4n) is 3.87. The minimum absolute atomic E-state index is 0. The monoisotopic (exact) mass is 684 g/mol. The Morgan fingerprint density at radius 2 is 1.09 bits per heavy atom. The standard InChI is InChI=1S/C15H25N2O2.C13H20N2O3.BF3.BrH.FH/c1-13(18)8-9-15(19)7-5-4-6-10-17-12-11-16(3)14(17)2;1-11-14(2)9-10-15(11)8-4-3-5-12(16)6-7-13(17)18;2-1(3)4;;/h11-12H,4-10H2,1-3H3;9-10H,3-8H2,1-2H3;;2*1H/q+1;;;;/p-1. The van der Waals surface area contributed by atoms with Crippen LogP contribution in [0.4, 0.5) is 12.9 Å². The number of ketones is 3. The van der Waals surface area contributed by atoms with Crippen molar-refractivity contribution >= 4 is 30.9 Å². The largest absolute Gasteiger partial charge is 1.00 e. The smallest absolute Gasteiger partial charge is 0.762 e. The first-order valence-electron chi connectivity index (χ1n) is 13.9. The number of rotatable bonds is 17. The molecule has 0 saturated heterocycles. The molecule has 0 aliphatic carbocycles. The van der Waals surface area contributed by atoms with Crippen molar-refractivity contribution in [2.45, 2.75) is 104 Å². The van der Waals surface area contributed by atoms with Gasteiger partial charge in [-0.2, -0.15) is 0 Å². The molecule has 0 spiro atoms. The molecule has 2 rings (SSSR count). The van der Waals surface area contributed by atoms with Crippen LogP contribution in [0.5, 0.6) is 0 Å². The second-order valence-corrected chi connectivity index (χ2v) is 9.99. The van der Waals surface area contributed by atoms with Crippen molar-refractivity contribution in [1.82, 2.24) is 9.13 Å². The number of carboxylic acid groups (broad SMARTS) is 1. The Balaban J connectivity index is -0.000000635. The predicted molar refractivity (Wildman–Crippen MR) is 149 cm³/mol. The first-order valence-corrected chi connectivity index (χ1v) is 13.9. The van der Waals surface area contributed by atoms with E-state index < -0.39 is 13.5 Å². The summed E-state index contributed by atoms with van der Waals surface area (Å²) in [5.41, 5.74) is 0. The lowest BCUT2D eigenvalue weighted by molar-refractivity contribution is -0.677. The van der Waals surface area contributed by atoms with Crippen LogP contribution in [0.2, 0.25) is 0 Å². The number of hydrogen-bond donors (Lipinski definition) is 1. The molecule has 2 heterocycles. The molecule has 0 saturated carbocycles. The van der Waals surface area contributed by atoms with Gasteiger partial charge in [-0.05, 0) is 39.0 Å². The van der Waals surface area contributed by atoms with Crippen LogP contribution in [0, 0.1) is 13.8 Å². The summed E-state index contributed by atoms with van der Waals surface area (Å²) in [7, 11) is 0.376. The van der Waals surface area contributed by atoms with Gasteiger partial charge in [-0.25, -0.2) is 18.3 Å². The molecule has 0 fully saturated rings. The van der Waals surface area contributed by atoms with E-state index >= 15 is 0 Å². The third-order valence-electron chi connectivity index (χ3n) is 6.63. The number of aromatic nitrogens is 4. The molecule has 0 aliphatic heterocycles. The minimum Gasteiger partial charge on any atom is -1.00 e. The Kier molecular flexibility index (Phi) is 26.6. The van der Waals surface area contributed by atoms with Crippen molar-refractivity contribution in [2.75, 3.05) is 0 Å². The van der Waals surface area contributed by atoms with Gasteiger partial charge in [0.25, 0.3) is 11.6 Å². The molecule has 0 atom stereocenters. The van der Waals surface area contributed by atoms with Gasteiger partial charge in [0, 0.05) is 46.0 Å². The number of unbranched alkanes of at least 4 members (excludes halogenated alkanes) is 3. The van der Waals surface area contributed by atoms with Crippen LogP contribution in [-0.2, 0) is 46.4 Å². The molecule has 1 N–H and O–H groups in total. The van der Waals surface area contributed by atoms with Crippen molar-refractivity contribution in [1.29, 1.82) is 0 Å². The maximum absolute atomic E-state index is 11.5. The molecule has 15 heteroatoms. The van der Waals surface area contributed by atoms with Gasteiger partial charge >= 0.3 is 13.5 Å². The first-order chi connectivity index (χ1) is 19.2. The summed E-state index contributed by atoms with van der Waals surface area (Å²) in [6, 6.07) is 0. The van der Waals surface area contributed by atoms with E-state index in [1.807, 2.05) is 26.5 Å². The molecule has 0 bridgehead atoms. The van der Waals surface area contributed by atoms with Gasteiger partial charge < -0.3 is 31.6 Å². The average Bonchev–Trinajstić information content (AvgIpc) is 3.39. The van der Waals surface area contributed by atoms with Crippen LogP contribution >= 0.6 is 0 Å². The third-order valence-corrected chi connectivity index (χ3v) is 6.63. The number of halogens is 5. The van der Waals surface area contributed by atoms with E-state index in [0.29, 0.717) is 25.7 Å². The zero-order valence-corrected chi connectivity index (χ0v) is 27.4. The number of aryl methyl sites for hydroxylation is 4. The number of Topliss-reactive ketones (excluding diaryl/α,β-unsaturated/α-hetero) is 3. The SMILES string of the molecule is CC(=O)CCC(=O)CCCCCn1cc[n+](C)c1C.Cc1n(CCCCC(=O)CCC(=O)O)cc[n+]1C.FB(F)F.[Br-].[F-]. The quantitative estimate of drug-likeness (QED) is 0.0920. The summed E-state index contributed by atoms with van der Waals surface area (Å²) >= 11 is 0. The number of carboxylic acids is 1. The van der Waals surface area contributed by atoms with Crippen molar-refractivity contribution in [3.05, 3.63) is 36.4 Å². The lowest BCUT2D eigenvalue weighted by Gasteiger charge is -2.01. The van der Waals surface area contributed by atoms with Gasteiger partial charge in [-0.1, -0.05) is 0 Å². The average molecular weight is 685 g/mol. The van der Waals surface area contributed by atoms with Crippen molar-refractivity contribution in [3.63, 3.8) is 0 Å². The molecule has 0 aromatic carbocycles. The maximum atomic E-state index is 11.5. The van der Waals surface area contributed by atoms with Crippen LogP contribution in [0.25, 0.3) is 0 Å². The Bertz CT molecular complexity index is 1100. The molecule has 0 aliphatic rings. The number of aliphatic carboxylic acids is 1. The number of hydrogen-bond acceptors (Lipinski definition) is 4. The molecular weight excluding hydrogens is 639 g/mol. The van der Waals surface area contributed by atoms with Crippen molar-refractivity contribution in [2.24, 2.45) is 14.1 Å². The predicted octanol–water partition coefficient (Wildman–Crippen LogP) is -1.77. The van der Waals surface area contributed by atoms with Gasteiger partial charge in [0.15, 0.2) is 0 Å². The Morgan fingerprint density at radius 3 is 1.44 bits per heavy atom. The minimum atomic E-state index is -3.67. The lowest BCUT2D eigenvalue weighted by Crippen LogP contribution is -3.00. The number of carbonyl (C=O) groups excluding carboxylic acids is 3. The number of nitrogens with zero attached hydrogens (tertiary/aromatic N) is 4. The summed E-state index contributed by atoms with van der Waals surface area (Å²) in [4.78, 5) is 43.9. The molecule has 43 heavy (non-hydrogen) atoms. The summed E-state index contributed by atoms with van der Waals surface area (Å²) in [5, 5.41) is 8.46. The molecule has 0 amide bonds. The number of carbonyl (C=O) groups is 4. The van der Waals surface area contributed by atoms with E-state index in [0.717, 1.165) is 45.2 Å². The molecule has 9 nitrogen and oxygen atoms in total. The van der Waals surface area contributed by atoms with E-state index in [4.69, 9.17) is 5.11 Å². The van der Waals surface area contributed by atoms with Gasteiger partial charge in [-0.15, -0.1) is 0 Å². The van der Waals surface area contributed by atoms with Gasteiger partial charge in [0.2, 0.25) is 0 Å². The molecule has 0 unspecified atom stereocenters. The van der Waals surface area contributed by atoms with Crippen LogP contribution in [0.15, 0.2) is 24.8 Å². The molecule has 0 radical (unpaired) electrons. The van der Waals surface area contributed by atoms with Crippen LogP contribution in [0.3, 0.4) is 0 Å². The third kappa shape index (κ3) is 23.3. The second-order valence-electron chi connectivity index (χ2n) is 9.99. The number of imidazole rings is 2. The van der Waals surface area contributed by atoms with Gasteiger partial charge in [0.05, 0.1) is 33.6 Å².